The molecule has 0 amide bonds. The number of nitriles is 1. The molecule has 0 radical (unpaired) electrons. The van der Waals surface area contributed by atoms with E-state index in [4.69, 9.17) is 37.9 Å². The predicted molar refractivity (Wildman–Crippen MR) is 234 cm³/mol. The van der Waals surface area contributed by atoms with Crippen LogP contribution in [0.15, 0.2) is 42.5 Å². The summed E-state index contributed by atoms with van der Waals surface area (Å²) in [6, 6.07) is 11.8. The number of methoxy groups -OCH3 is 3. The average Bonchev–Trinajstić information content (AvgIpc) is 3.79. The van der Waals surface area contributed by atoms with Crippen molar-refractivity contribution in [2.75, 3.05) is 54.1 Å². The highest BCUT2D eigenvalue weighted by Gasteiger charge is 2.62. The van der Waals surface area contributed by atoms with Crippen molar-refractivity contribution in [2.24, 2.45) is 0 Å². The van der Waals surface area contributed by atoms with E-state index in [1.807, 2.05) is 27.0 Å². The molecule has 0 unspecified atom stereocenters. The number of ether oxygens (including phenoxy) is 8. The number of piperazine rings is 1. The number of hydrogen-bond donors (Lipinski definition) is 2. The van der Waals surface area contributed by atoms with Crippen LogP contribution in [0.5, 0.6) is 46.0 Å². The number of carbonyl (C=O) groups excluding carboxylic acids is 3. The van der Waals surface area contributed by atoms with Gasteiger partial charge in [0, 0.05) is 53.6 Å². The van der Waals surface area contributed by atoms with E-state index in [0.717, 1.165) is 16.7 Å². The molecule has 2 fully saturated rings. The van der Waals surface area contributed by atoms with E-state index >= 15 is 4.79 Å². The van der Waals surface area contributed by atoms with Crippen molar-refractivity contribution in [3.63, 3.8) is 0 Å². The molecule has 0 aliphatic carbocycles. The topological polar surface area (TPSA) is 188 Å². The van der Waals surface area contributed by atoms with E-state index in [2.05, 4.69) is 21.2 Å². The Morgan fingerprint density at radius 3 is 2.49 bits per heavy atom. The van der Waals surface area contributed by atoms with E-state index in [-0.39, 0.29) is 48.0 Å². The van der Waals surface area contributed by atoms with Crippen LogP contribution >= 0.6 is 11.8 Å². The minimum atomic E-state index is -1.46. The van der Waals surface area contributed by atoms with Gasteiger partial charge in [0.25, 0.3) is 0 Å². The average molecular weight is 905 g/mol. The van der Waals surface area contributed by atoms with Crippen LogP contribution in [-0.4, -0.2) is 105 Å². The summed E-state index contributed by atoms with van der Waals surface area (Å²) in [5, 5.41) is 26.3. The van der Waals surface area contributed by atoms with Crippen molar-refractivity contribution in [1.29, 1.82) is 5.26 Å². The monoisotopic (exact) mass is 904 g/mol. The molecule has 7 atom stereocenters. The Balaban J connectivity index is 1.16. The molecule has 7 aliphatic heterocycles. The summed E-state index contributed by atoms with van der Waals surface area (Å²) in [6.07, 6.45) is 0.953. The highest BCUT2D eigenvalue weighted by Crippen LogP contribution is 2.64. The highest BCUT2D eigenvalue weighted by molar-refractivity contribution is 7.99. The second-order valence-electron chi connectivity index (χ2n) is 17.2. The number of aryl methyl sites for hydroxylation is 1. The van der Waals surface area contributed by atoms with E-state index in [1.54, 1.807) is 36.4 Å². The number of fused-ring (bicyclic) bond motifs is 9. The number of esters is 3. The second-order valence-corrected chi connectivity index (χ2v) is 18.3. The largest absolute Gasteiger partial charge is 0.504 e. The van der Waals surface area contributed by atoms with E-state index in [0.29, 0.717) is 76.0 Å². The SMILES string of the molecule is COc1cccc(C(=O)Oc2cc3c(cc2OC)[C@@]2(CS[C@@H]4c5c(OC(C)=O)c(C)c6c(c5[C@H](COC2=O)N2[C@@H]4[C@H]4c5c(cc(C)c(OC)c5O)C[C@@H]([C@@H]2C#N)N4C)OCO6)NCC3)c1. The Hall–Kier alpha value is -6.19. The molecule has 2 saturated heterocycles. The normalized spacial score (nSPS) is 26.1. The lowest BCUT2D eigenvalue weighted by molar-refractivity contribution is -0.157. The van der Waals surface area contributed by atoms with Crippen LogP contribution in [0.3, 0.4) is 0 Å². The van der Waals surface area contributed by atoms with Gasteiger partial charge in [0.1, 0.15) is 24.1 Å². The van der Waals surface area contributed by atoms with Gasteiger partial charge in [-0.3, -0.25) is 19.9 Å². The lowest BCUT2D eigenvalue weighted by atomic mass is 9.71. The zero-order valence-electron chi connectivity index (χ0n) is 36.9. The fourth-order valence-corrected chi connectivity index (χ4v) is 12.9. The zero-order valence-corrected chi connectivity index (χ0v) is 37.8. The minimum absolute atomic E-state index is 0.0224. The van der Waals surface area contributed by atoms with E-state index in [1.165, 1.54) is 40.0 Å². The Morgan fingerprint density at radius 1 is 0.954 bits per heavy atom. The smallest absolute Gasteiger partial charge is 0.343 e. The molecule has 338 valence electrons. The third-order valence-electron chi connectivity index (χ3n) is 13.9. The summed E-state index contributed by atoms with van der Waals surface area (Å²) in [5.41, 5.74) is 4.38. The lowest BCUT2D eigenvalue weighted by Crippen LogP contribution is -2.69. The molecule has 7 heterocycles. The number of carbonyl (C=O) groups is 3. The molecule has 11 rings (SSSR count). The number of nitrogens with one attached hydrogen (secondary N) is 1. The highest BCUT2D eigenvalue weighted by atomic mass is 32.2. The Labute approximate surface area is 379 Å². The van der Waals surface area contributed by atoms with Gasteiger partial charge in [0.05, 0.1) is 50.3 Å². The Morgan fingerprint density at radius 2 is 1.75 bits per heavy atom. The summed E-state index contributed by atoms with van der Waals surface area (Å²) >= 11 is 1.46. The molecule has 16 nitrogen and oxygen atoms in total. The molecule has 1 spiro atoms. The van der Waals surface area contributed by atoms with Crippen molar-refractivity contribution < 1.29 is 57.4 Å². The van der Waals surface area contributed by atoms with Gasteiger partial charge in [0.2, 0.25) is 6.79 Å². The number of phenolic OH excluding ortho intramolecular Hbond substituents is 1. The maximum absolute atomic E-state index is 15.1. The van der Waals surface area contributed by atoms with Gasteiger partial charge in [-0.15, -0.1) is 11.8 Å². The van der Waals surface area contributed by atoms with Crippen LogP contribution in [0.1, 0.15) is 79.1 Å². The van der Waals surface area contributed by atoms with E-state index < -0.39 is 52.9 Å². The predicted octanol–water partition coefficient (Wildman–Crippen LogP) is 5.51. The third kappa shape index (κ3) is 6.39. The first kappa shape index (κ1) is 42.7. The lowest BCUT2D eigenvalue weighted by Gasteiger charge is -2.62. The number of hydrogen-bond acceptors (Lipinski definition) is 17. The Kier molecular flexibility index (Phi) is 10.6. The van der Waals surface area contributed by atoms with Crippen molar-refractivity contribution in [1.82, 2.24) is 15.1 Å². The number of rotatable bonds is 6. The molecule has 4 bridgehead atoms. The summed E-state index contributed by atoms with van der Waals surface area (Å²) in [6.45, 7) is 5.13. The molecular weight excluding hydrogens is 857 g/mol. The third-order valence-corrected chi connectivity index (χ3v) is 15.4. The molecule has 0 saturated carbocycles. The van der Waals surface area contributed by atoms with Gasteiger partial charge in [-0.25, -0.2) is 9.59 Å². The van der Waals surface area contributed by atoms with Gasteiger partial charge in [0.15, 0.2) is 40.0 Å². The first-order chi connectivity index (χ1) is 31.3. The fraction of sp³-hybridized carbons (Fsp3) is 0.417. The molecule has 0 aromatic heterocycles. The maximum atomic E-state index is 15.1. The van der Waals surface area contributed by atoms with Crippen molar-refractivity contribution in [3.8, 4) is 52.1 Å². The zero-order chi connectivity index (χ0) is 45.6. The van der Waals surface area contributed by atoms with Gasteiger partial charge in [-0.05, 0) is 86.3 Å². The van der Waals surface area contributed by atoms with E-state index in [9.17, 15) is 20.0 Å². The molecule has 65 heavy (non-hydrogen) atoms. The van der Waals surface area contributed by atoms with Gasteiger partial charge in [-0.1, -0.05) is 12.1 Å². The first-order valence-corrected chi connectivity index (χ1v) is 22.4. The Bertz CT molecular complexity index is 2740. The van der Waals surface area contributed by atoms with Crippen LogP contribution in [0.25, 0.3) is 0 Å². The van der Waals surface area contributed by atoms with Gasteiger partial charge in [-0.2, -0.15) is 5.26 Å². The van der Waals surface area contributed by atoms with Gasteiger partial charge >= 0.3 is 17.9 Å². The number of thioether (sulfide) groups is 1. The number of nitrogens with zero attached hydrogens (tertiary/aromatic N) is 3. The maximum Gasteiger partial charge on any atom is 0.343 e. The van der Waals surface area contributed by atoms with Crippen LogP contribution < -0.4 is 38.5 Å². The molecular formula is C48H48N4O12S. The number of benzene rings is 4. The van der Waals surface area contributed by atoms with Crippen molar-refractivity contribution in [3.05, 3.63) is 92.5 Å². The standard InChI is InChI=1S/C48H48N4O12S/c1-22-13-27-15-30-31(18-49)52-32-19-60-47(56)48(29-17-33(58-6)34(16-25(29)11-12-50-48)64-46(55)26-9-8-10-28(14-26)57-5)20-65-45(39(52)38(51(30)4)35(27)40(54)41(22)59-7)37-36(32)44-43(61-21-62-44)23(2)42(37)63-24(3)53/h8-10,13-14,16-17,30-32,38-39,45,50,54H,11-12,15,19-21H2,1-7H3/t30-,31-,32-,38+,39+,45+,48+/m0/s1. The molecule has 4 aromatic rings. The summed E-state index contributed by atoms with van der Waals surface area (Å²) in [4.78, 5) is 46.0. The van der Waals surface area contributed by atoms with Crippen molar-refractivity contribution in [2.45, 2.75) is 74.6 Å². The first-order valence-electron chi connectivity index (χ1n) is 21.4. The summed E-state index contributed by atoms with van der Waals surface area (Å²) in [5.74, 6) is 0.839. The molecule has 7 aliphatic rings. The second kappa shape index (κ2) is 16.1. The van der Waals surface area contributed by atoms with Crippen LogP contribution in [0.4, 0.5) is 0 Å². The number of likely N-dealkylation sites (N-methyl/N-ethyl adjacent to an activating group) is 1. The summed E-state index contributed by atoms with van der Waals surface area (Å²) < 4.78 is 48.0. The quantitative estimate of drug-likeness (QED) is 0.182. The van der Waals surface area contributed by atoms with Crippen LogP contribution in [0.2, 0.25) is 0 Å². The molecule has 4 aromatic carbocycles. The number of aromatic hydroxyl groups is 1. The van der Waals surface area contributed by atoms with Crippen molar-refractivity contribution >= 4 is 29.7 Å². The van der Waals surface area contributed by atoms with Crippen LogP contribution in [0, 0.1) is 25.2 Å². The summed E-state index contributed by atoms with van der Waals surface area (Å²) in [7, 11) is 6.49. The fourth-order valence-electron chi connectivity index (χ4n) is 11.2. The number of phenols is 1. The van der Waals surface area contributed by atoms with Crippen LogP contribution in [-0.2, 0) is 32.7 Å². The molecule has 17 heteroatoms. The minimum Gasteiger partial charge on any atom is -0.504 e. The van der Waals surface area contributed by atoms with Gasteiger partial charge < -0.3 is 43.0 Å². The molecule has 2 N–H and O–H groups in total.